The molecule has 4 unspecified atom stereocenters. The number of piperidine rings is 1. The van der Waals surface area contributed by atoms with Crippen molar-refractivity contribution in [3.63, 3.8) is 0 Å². The molecule has 2 amide bonds. The van der Waals surface area contributed by atoms with Gasteiger partial charge in [0.2, 0.25) is 5.91 Å². The Labute approximate surface area is 260 Å². The van der Waals surface area contributed by atoms with Crippen LogP contribution in [0.2, 0.25) is 10.0 Å². The summed E-state index contributed by atoms with van der Waals surface area (Å²) in [4.78, 5) is 31.2. The zero-order valence-corrected chi connectivity index (χ0v) is 26.5. The van der Waals surface area contributed by atoms with Gasteiger partial charge in [0.05, 0.1) is 15.5 Å². The number of rotatable bonds is 6. The highest BCUT2D eigenvalue weighted by Crippen LogP contribution is 2.47. The molecule has 2 aliphatic rings. The second-order valence-electron chi connectivity index (χ2n) is 13.0. The van der Waals surface area contributed by atoms with Crippen molar-refractivity contribution in [2.45, 2.75) is 63.3 Å². The van der Waals surface area contributed by atoms with E-state index in [-0.39, 0.29) is 29.2 Å². The predicted octanol–water partition coefficient (Wildman–Crippen LogP) is 7.05. The lowest BCUT2D eigenvalue weighted by Gasteiger charge is -2.49. The van der Waals surface area contributed by atoms with Crippen molar-refractivity contribution in [1.29, 1.82) is 0 Å². The summed E-state index contributed by atoms with van der Waals surface area (Å²) in [6.07, 6.45) is 1.54. The Bertz CT molecular complexity index is 1440. The average molecular weight is 607 g/mol. The van der Waals surface area contributed by atoms with Gasteiger partial charge in [-0.15, -0.1) is 0 Å². The minimum Gasteiger partial charge on any atom is -0.369 e. The van der Waals surface area contributed by atoms with Crippen molar-refractivity contribution in [2.24, 2.45) is 11.7 Å². The van der Waals surface area contributed by atoms with Crippen LogP contribution in [0.4, 0.5) is 0 Å². The third-order valence-corrected chi connectivity index (χ3v) is 10.4. The summed E-state index contributed by atoms with van der Waals surface area (Å²) in [5, 5.41) is 0.945. The van der Waals surface area contributed by atoms with E-state index >= 15 is 0 Å². The molecule has 0 aliphatic carbocycles. The van der Waals surface area contributed by atoms with Gasteiger partial charge >= 0.3 is 0 Å². The van der Waals surface area contributed by atoms with Gasteiger partial charge in [0, 0.05) is 37.2 Å². The summed E-state index contributed by atoms with van der Waals surface area (Å²) < 4.78 is 0. The molecule has 0 radical (unpaired) electrons. The van der Waals surface area contributed by atoms with E-state index in [1.807, 2.05) is 59.5 Å². The number of amides is 2. The van der Waals surface area contributed by atoms with Crippen LogP contribution in [0.15, 0.2) is 72.8 Å². The Morgan fingerprint density at radius 2 is 1.62 bits per heavy atom. The Balaban J connectivity index is 1.37. The summed E-state index contributed by atoms with van der Waals surface area (Å²) >= 11 is 12.8. The van der Waals surface area contributed by atoms with Gasteiger partial charge in [-0.3, -0.25) is 14.5 Å². The lowest BCUT2D eigenvalue weighted by Crippen LogP contribution is -2.57. The normalized spacial score (nSPS) is 24.0. The minimum absolute atomic E-state index is 0.0476. The summed E-state index contributed by atoms with van der Waals surface area (Å²) in [5.74, 6) is -0.111. The zero-order valence-electron chi connectivity index (χ0n) is 24.9. The number of halogens is 2. The summed E-state index contributed by atoms with van der Waals surface area (Å²) in [5.41, 5.74) is 9.27. The number of hydrogen-bond donors (Lipinski definition) is 1. The quantitative estimate of drug-likeness (QED) is 0.327. The molecule has 2 fully saturated rings. The molecule has 0 spiro atoms. The summed E-state index contributed by atoms with van der Waals surface area (Å²) in [6.45, 7) is 11.6. The zero-order chi connectivity index (χ0) is 30.2. The SMILES string of the molecule is CC(C1CCN(C(=O)c2ccc(C(C)(C)C)cc2)C1)N1CCC(C(N)=O)(c2ccccc2)C(c2ccc(Cl)c(Cl)c2)C1. The molecule has 3 aromatic rings. The van der Waals surface area contributed by atoms with Crippen molar-refractivity contribution in [2.75, 3.05) is 26.2 Å². The monoisotopic (exact) mass is 605 g/mol. The van der Waals surface area contributed by atoms with Crippen LogP contribution in [0, 0.1) is 5.92 Å². The molecule has 7 heteroatoms. The fourth-order valence-corrected chi connectivity index (χ4v) is 7.25. The van der Waals surface area contributed by atoms with Gasteiger partial charge in [-0.1, -0.05) is 92.5 Å². The van der Waals surface area contributed by atoms with Crippen LogP contribution in [0.5, 0.6) is 0 Å². The summed E-state index contributed by atoms with van der Waals surface area (Å²) in [7, 11) is 0. The second-order valence-corrected chi connectivity index (χ2v) is 13.9. The highest BCUT2D eigenvalue weighted by Gasteiger charge is 2.51. The van der Waals surface area contributed by atoms with E-state index in [0.29, 0.717) is 35.5 Å². The first-order valence-electron chi connectivity index (χ1n) is 14.9. The average Bonchev–Trinajstić information content (AvgIpc) is 3.48. The van der Waals surface area contributed by atoms with Gasteiger partial charge in [-0.25, -0.2) is 0 Å². The molecule has 5 nitrogen and oxygen atoms in total. The van der Waals surface area contributed by atoms with Crippen LogP contribution >= 0.6 is 23.2 Å². The fourth-order valence-electron chi connectivity index (χ4n) is 6.94. The number of carbonyl (C=O) groups is 2. The van der Waals surface area contributed by atoms with Gasteiger partial charge in [0.25, 0.3) is 5.91 Å². The second kappa shape index (κ2) is 12.0. The number of nitrogens with two attached hydrogens (primary N) is 1. The van der Waals surface area contributed by atoms with E-state index < -0.39 is 5.41 Å². The molecule has 222 valence electrons. The smallest absolute Gasteiger partial charge is 0.253 e. The maximum absolute atomic E-state index is 13.4. The molecule has 42 heavy (non-hydrogen) atoms. The molecule has 2 N–H and O–H groups in total. The van der Waals surface area contributed by atoms with Crippen molar-refractivity contribution in [3.8, 4) is 0 Å². The molecule has 2 saturated heterocycles. The third-order valence-electron chi connectivity index (χ3n) is 9.65. The van der Waals surface area contributed by atoms with Crippen LogP contribution in [-0.4, -0.2) is 53.8 Å². The van der Waals surface area contributed by atoms with Gasteiger partial charge in [-0.05, 0) is 78.6 Å². The number of carbonyl (C=O) groups excluding carboxylic acids is 2. The van der Waals surface area contributed by atoms with Crippen molar-refractivity contribution >= 4 is 35.0 Å². The highest BCUT2D eigenvalue weighted by molar-refractivity contribution is 6.42. The molecule has 2 aliphatic heterocycles. The van der Waals surface area contributed by atoms with Crippen LogP contribution < -0.4 is 5.73 Å². The van der Waals surface area contributed by atoms with E-state index in [0.717, 1.165) is 36.2 Å². The first-order chi connectivity index (χ1) is 19.9. The van der Waals surface area contributed by atoms with Gasteiger partial charge < -0.3 is 10.6 Å². The lowest BCUT2D eigenvalue weighted by molar-refractivity contribution is -0.126. The van der Waals surface area contributed by atoms with Crippen molar-refractivity contribution in [1.82, 2.24) is 9.80 Å². The van der Waals surface area contributed by atoms with Crippen molar-refractivity contribution < 1.29 is 9.59 Å². The molecule has 3 aromatic carbocycles. The predicted molar refractivity (Wildman–Crippen MR) is 171 cm³/mol. The first-order valence-corrected chi connectivity index (χ1v) is 15.6. The number of hydrogen-bond acceptors (Lipinski definition) is 3. The summed E-state index contributed by atoms with van der Waals surface area (Å²) in [6, 6.07) is 23.8. The number of nitrogens with zero attached hydrogens (tertiary/aromatic N) is 2. The molecule has 4 atom stereocenters. The van der Waals surface area contributed by atoms with Gasteiger partial charge in [0.15, 0.2) is 0 Å². The Hall–Kier alpha value is -2.86. The molecular weight excluding hydrogens is 565 g/mol. The number of primary amides is 1. The third kappa shape index (κ3) is 5.84. The van der Waals surface area contributed by atoms with E-state index in [1.54, 1.807) is 6.07 Å². The topological polar surface area (TPSA) is 66.6 Å². The number of likely N-dealkylation sites (tertiary alicyclic amines) is 2. The van der Waals surface area contributed by atoms with E-state index in [9.17, 15) is 9.59 Å². The standard InChI is InChI=1S/C35H41Cl2N3O2/c1-23(26-16-18-40(21-26)32(41)24-10-13-27(14-11-24)34(2,3)4)39-19-17-35(33(38)42,28-8-6-5-7-9-28)29(22-39)25-12-15-30(36)31(37)20-25/h5-15,20,23,26,29H,16-19,21-22H2,1-4H3,(H2,38,42). The Morgan fingerprint density at radius 1 is 0.929 bits per heavy atom. The largest absolute Gasteiger partial charge is 0.369 e. The van der Waals surface area contributed by atoms with E-state index in [2.05, 4.69) is 44.7 Å². The van der Waals surface area contributed by atoms with Gasteiger partial charge in [0.1, 0.15) is 0 Å². The molecule has 0 saturated carbocycles. The van der Waals surface area contributed by atoms with Crippen LogP contribution in [0.1, 0.15) is 73.5 Å². The van der Waals surface area contributed by atoms with Crippen LogP contribution in [-0.2, 0) is 15.6 Å². The molecule has 0 bridgehead atoms. The van der Waals surface area contributed by atoms with Crippen LogP contribution in [0.3, 0.4) is 0 Å². The Kier molecular flexibility index (Phi) is 8.76. The van der Waals surface area contributed by atoms with Crippen molar-refractivity contribution in [3.05, 3.63) is 105 Å². The maximum atomic E-state index is 13.4. The Morgan fingerprint density at radius 3 is 2.24 bits per heavy atom. The van der Waals surface area contributed by atoms with Gasteiger partial charge in [-0.2, -0.15) is 0 Å². The maximum Gasteiger partial charge on any atom is 0.253 e. The molecule has 2 heterocycles. The fraction of sp³-hybridized carbons (Fsp3) is 0.429. The molecule has 0 aromatic heterocycles. The highest BCUT2D eigenvalue weighted by atomic mass is 35.5. The first kappa shape index (κ1) is 30.6. The van der Waals surface area contributed by atoms with E-state index in [4.69, 9.17) is 28.9 Å². The molecule has 5 rings (SSSR count). The molecular formula is C35H41Cl2N3O2. The lowest BCUT2D eigenvalue weighted by atomic mass is 9.62. The minimum atomic E-state index is -0.870. The van der Waals surface area contributed by atoms with E-state index in [1.165, 1.54) is 5.56 Å². The number of benzene rings is 3. The van der Waals surface area contributed by atoms with Crippen LogP contribution in [0.25, 0.3) is 0 Å².